The molecule has 0 aliphatic heterocycles. The number of nitrogens with zero attached hydrogens (tertiary/aromatic N) is 2. The molecule has 0 unspecified atom stereocenters. The minimum Gasteiger partial charge on any atom is -0.346 e. The Bertz CT molecular complexity index is 824. The van der Waals surface area contributed by atoms with E-state index in [2.05, 4.69) is 40.0 Å². The van der Waals surface area contributed by atoms with E-state index >= 15 is 0 Å². The predicted molar refractivity (Wildman–Crippen MR) is 96.0 cm³/mol. The van der Waals surface area contributed by atoms with Gasteiger partial charge in [-0.2, -0.15) is 0 Å². The number of nitrogens with one attached hydrogen (secondary N) is 1. The highest BCUT2D eigenvalue weighted by Gasteiger charge is 2.18. The molecule has 1 aromatic carbocycles. The average molecular weight is 319 g/mol. The van der Waals surface area contributed by atoms with E-state index in [0.29, 0.717) is 12.2 Å². The van der Waals surface area contributed by atoms with Gasteiger partial charge in [0.2, 0.25) is 5.91 Å². The summed E-state index contributed by atoms with van der Waals surface area (Å²) in [6.45, 7) is 3.97. The topological polar surface area (TPSA) is 46.9 Å². The molecule has 3 aromatic rings. The Morgan fingerprint density at radius 1 is 1.08 bits per heavy atom. The van der Waals surface area contributed by atoms with Crippen LogP contribution < -0.4 is 5.32 Å². The molecule has 122 valence electrons. The van der Waals surface area contributed by atoms with E-state index in [1.165, 1.54) is 5.56 Å². The van der Waals surface area contributed by atoms with Crippen LogP contribution in [0.1, 0.15) is 29.3 Å². The second-order valence-electron chi connectivity index (χ2n) is 5.98. The van der Waals surface area contributed by atoms with Crippen LogP contribution in [0.25, 0.3) is 0 Å². The SMILES string of the molecule is Cc1cccc([C@@H](CC(=O)Nc2cccc(C)n2)n2cccc2)c1. The maximum absolute atomic E-state index is 12.5. The summed E-state index contributed by atoms with van der Waals surface area (Å²) in [5.41, 5.74) is 3.19. The second-order valence-corrected chi connectivity index (χ2v) is 5.98. The fourth-order valence-electron chi connectivity index (χ4n) is 2.81. The van der Waals surface area contributed by atoms with Crippen LogP contribution in [-0.4, -0.2) is 15.5 Å². The van der Waals surface area contributed by atoms with Gasteiger partial charge >= 0.3 is 0 Å². The van der Waals surface area contributed by atoms with E-state index in [0.717, 1.165) is 11.3 Å². The average Bonchev–Trinajstić information content (AvgIpc) is 3.07. The van der Waals surface area contributed by atoms with E-state index in [1.807, 2.05) is 55.7 Å². The molecule has 0 saturated heterocycles. The summed E-state index contributed by atoms with van der Waals surface area (Å²) in [7, 11) is 0. The third-order valence-electron chi connectivity index (χ3n) is 3.95. The molecule has 0 bridgehead atoms. The summed E-state index contributed by atoms with van der Waals surface area (Å²) >= 11 is 0. The number of carbonyl (C=O) groups excluding carboxylic acids is 1. The highest BCUT2D eigenvalue weighted by molar-refractivity contribution is 5.90. The van der Waals surface area contributed by atoms with Gasteiger partial charge in [-0.15, -0.1) is 0 Å². The monoisotopic (exact) mass is 319 g/mol. The molecule has 0 saturated carbocycles. The summed E-state index contributed by atoms with van der Waals surface area (Å²) in [6, 6.07) is 17.8. The quantitative estimate of drug-likeness (QED) is 0.769. The van der Waals surface area contributed by atoms with Crippen LogP contribution in [0.4, 0.5) is 5.82 Å². The zero-order valence-electron chi connectivity index (χ0n) is 13.9. The number of aryl methyl sites for hydroxylation is 2. The van der Waals surface area contributed by atoms with Crippen LogP contribution in [-0.2, 0) is 4.79 Å². The Morgan fingerprint density at radius 3 is 2.54 bits per heavy atom. The van der Waals surface area contributed by atoms with Gasteiger partial charge in [0.15, 0.2) is 0 Å². The molecule has 0 spiro atoms. The van der Waals surface area contributed by atoms with Gasteiger partial charge in [-0.3, -0.25) is 4.79 Å². The van der Waals surface area contributed by atoms with Crippen molar-refractivity contribution in [2.45, 2.75) is 26.3 Å². The molecular formula is C20H21N3O. The van der Waals surface area contributed by atoms with Gasteiger partial charge in [-0.25, -0.2) is 4.98 Å². The van der Waals surface area contributed by atoms with Crippen molar-refractivity contribution in [3.63, 3.8) is 0 Å². The number of aromatic nitrogens is 2. The Morgan fingerprint density at radius 2 is 1.83 bits per heavy atom. The highest BCUT2D eigenvalue weighted by Crippen LogP contribution is 2.23. The zero-order valence-corrected chi connectivity index (χ0v) is 13.9. The molecule has 1 N–H and O–H groups in total. The maximum atomic E-state index is 12.5. The van der Waals surface area contributed by atoms with Crippen LogP contribution in [0.3, 0.4) is 0 Å². The van der Waals surface area contributed by atoms with Gasteiger partial charge < -0.3 is 9.88 Å². The number of anilines is 1. The first kappa shape index (κ1) is 16.0. The van der Waals surface area contributed by atoms with E-state index < -0.39 is 0 Å². The summed E-state index contributed by atoms with van der Waals surface area (Å²) in [4.78, 5) is 16.9. The fraction of sp³-hybridized carbons (Fsp3) is 0.200. The second kappa shape index (κ2) is 7.13. The van der Waals surface area contributed by atoms with Gasteiger partial charge in [0, 0.05) is 18.1 Å². The summed E-state index contributed by atoms with van der Waals surface area (Å²) < 4.78 is 2.07. The standard InChI is InChI=1S/C20H21N3O/c1-15-7-5-9-17(13-15)18(23-11-3-4-12-23)14-20(24)22-19-10-6-8-16(2)21-19/h3-13,18H,14H2,1-2H3,(H,21,22,24)/t18-/m1/s1. The first-order valence-electron chi connectivity index (χ1n) is 8.04. The number of hydrogen-bond donors (Lipinski definition) is 1. The Kier molecular flexibility index (Phi) is 4.75. The number of hydrogen-bond acceptors (Lipinski definition) is 2. The van der Waals surface area contributed by atoms with Crippen molar-refractivity contribution in [2.24, 2.45) is 0 Å². The highest BCUT2D eigenvalue weighted by atomic mass is 16.1. The first-order valence-corrected chi connectivity index (χ1v) is 8.04. The molecular weight excluding hydrogens is 298 g/mol. The van der Waals surface area contributed by atoms with Crippen molar-refractivity contribution < 1.29 is 4.79 Å². The number of pyridine rings is 1. The minimum atomic E-state index is -0.0479. The van der Waals surface area contributed by atoms with Crippen LogP contribution in [0.2, 0.25) is 0 Å². The summed E-state index contributed by atoms with van der Waals surface area (Å²) in [5, 5.41) is 2.90. The summed E-state index contributed by atoms with van der Waals surface area (Å²) in [5.74, 6) is 0.545. The van der Waals surface area contributed by atoms with E-state index in [9.17, 15) is 4.79 Å². The number of benzene rings is 1. The zero-order chi connectivity index (χ0) is 16.9. The lowest BCUT2D eigenvalue weighted by molar-refractivity contribution is -0.116. The molecule has 24 heavy (non-hydrogen) atoms. The van der Waals surface area contributed by atoms with Crippen LogP contribution >= 0.6 is 0 Å². The summed E-state index contributed by atoms with van der Waals surface area (Å²) in [6.07, 6.45) is 4.34. The largest absolute Gasteiger partial charge is 0.346 e. The van der Waals surface area contributed by atoms with Crippen molar-refractivity contribution >= 4 is 11.7 Å². The lowest BCUT2D eigenvalue weighted by atomic mass is 10.0. The molecule has 1 atom stereocenters. The molecule has 1 amide bonds. The molecule has 2 heterocycles. The molecule has 0 aliphatic rings. The van der Waals surface area contributed by atoms with Crippen LogP contribution in [0.5, 0.6) is 0 Å². The normalized spacial score (nSPS) is 11.9. The van der Waals surface area contributed by atoms with Crippen molar-refractivity contribution in [2.75, 3.05) is 5.32 Å². The fourth-order valence-corrected chi connectivity index (χ4v) is 2.81. The Hall–Kier alpha value is -2.88. The van der Waals surface area contributed by atoms with Crippen molar-refractivity contribution in [1.82, 2.24) is 9.55 Å². The van der Waals surface area contributed by atoms with Crippen LogP contribution in [0.15, 0.2) is 67.0 Å². The number of amides is 1. The predicted octanol–water partition coefficient (Wildman–Crippen LogP) is 4.12. The Balaban J connectivity index is 1.80. The lowest BCUT2D eigenvalue weighted by Crippen LogP contribution is -2.20. The smallest absolute Gasteiger partial charge is 0.227 e. The van der Waals surface area contributed by atoms with Crippen molar-refractivity contribution in [3.05, 3.63) is 83.8 Å². The van der Waals surface area contributed by atoms with Gasteiger partial charge in [0.25, 0.3) is 0 Å². The molecule has 0 fully saturated rings. The molecule has 2 aromatic heterocycles. The third-order valence-corrected chi connectivity index (χ3v) is 3.95. The van der Waals surface area contributed by atoms with Crippen LogP contribution in [0, 0.1) is 13.8 Å². The lowest BCUT2D eigenvalue weighted by Gasteiger charge is -2.19. The van der Waals surface area contributed by atoms with E-state index in [1.54, 1.807) is 0 Å². The number of rotatable bonds is 5. The number of carbonyl (C=O) groups is 1. The molecule has 3 rings (SSSR count). The van der Waals surface area contributed by atoms with Gasteiger partial charge in [0.05, 0.1) is 12.5 Å². The minimum absolute atomic E-state index is 0.0373. The van der Waals surface area contributed by atoms with Gasteiger partial charge in [-0.05, 0) is 43.7 Å². The Labute approximate surface area is 142 Å². The molecule has 0 radical (unpaired) electrons. The molecule has 4 nitrogen and oxygen atoms in total. The van der Waals surface area contributed by atoms with Crippen molar-refractivity contribution in [3.8, 4) is 0 Å². The maximum Gasteiger partial charge on any atom is 0.227 e. The van der Waals surface area contributed by atoms with Gasteiger partial charge in [0.1, 0.15) is 5.82 Å². The van der Waals surface area contributed by atoms with Gasteiger partial charge in [-0.1, -0.05) is 35.9 Å². The van der Waals surface area contributed by atoms with E-state index in [4.69, 9.17) is 0 Å². The third kappa shape index (κ3) is 3.90. The molecule has 4 heteroatoms. The molecule has 0 aliphatic carbocycles. The van der Waals surface area contributed by atoms with Crippen molar-refractivity contribution in [1.29, 1.82) is 0 Å². The van der Waals surface area contributed by atoms with E-state index in [-0.39, 0.29) is 11.9 Å². The first-order chi connectivity index (χ1) is 11.6.